The number of hydrogen-bond donors (Lipinski definition) is 0. The Morgan fingerprint density at radius 1 is 1.25 bits per heavy atom. The van der Waals surface area contributed by atoms with Crippen molar-refractivity contribution in [3.05, 3.63) is 29.8 Å². The zero-order valence-electron chi connectivity index (χ0n) is 9.35. The summed E-state index contributed by atoms with van der Waals surface area (Å²) in [5.41, 5.74) is 1.15. The van der Waals surface area contributed by atoms with E-state index in [-0.39, 0.29) is 6.09 Å². The van der Waals surface area contributed by atoms with Gasteiger partial charge < -0.3 is 9.64 Å². The highest BCUT2D eigenvalue weighted by molar-refractivity contribution is 5.70. The summed E-state index contributed by atoms with van der Waals surface area (Å²) < 4.78 is 5.25. The molecule has 85 valence electrons. The lowest BCUT2D eigenvalue weighted by molar-refractivity contribution is 0.145. The first kappa shape index (κ1) is 11.0. The van der Waals surface area contributed by atoms with Crippen LogP contribution in [0.15, 0.2) is 24.3 Å². The minimum absolute atomic E-state index is 0.279. The Morgan fingerprint density at radius 3 is 2.50 bits per heavy atom. The number of nitrogens with zero attached hydrogens (tertiary/aromatic N) is 2. The van der Waals surface area contributed by atoms with Crippen LogP contribution in [0.1, 0.15) is 5.56 Å². The van der Waals surface area contributed by atoms with Crippen molar-refractivity contribution < 1.29 is 9.53 Å². The lowest BCUT2D eigenvalue weighted by Gasteiger charge is -2.25. The highest BCUT2D eigenvalue weighted by Crippen LogP contribution is 2.12. The van der Waals surface area contributed by atoms with E-state index in [0.717, 1.165) is 5.56 Å². The van der Waals surface area contributed by atoms with Gasteiger partial charge in [-0.05, 0) is 19.1 Å². The molecule has 0 atom stereocenters. The Labute approximate surface area is 95.2 Å². The molecule has 1 aromatic rings. The fourth-order valence-electron chi connectivity index (χ4n) is 1.56. The molecule has 0 aromatic heterocycles. The van der Waals surface area contributed by atoms with Crippen LogP contribution in [0.4, 0.5) is 4.79 Å². The van der Waals surface area contributed by atoms with E-state index >= 15 is 0 Å². The first-order chi connectivity index (χ1) is 7.75. The van der Waals surface area contributed by atoms with Gasteiger partial charge in [-0.2, -0.15) is 0 Å². The molecule has 0 aliphatic carbocycles. The zero-order chi connectivity index (χ0) is 11.4. The van der Waals surface area contributed by atoms with E-state index in [1.165, 1.54) is 0 Å². The lowest BCUT2D eigenvalue weighted by atomic mass is 10.2. The van der Waals surface area contributed by atoms with Crippen LogP contribution in [0.2, 0.25) is 0 Å². The summed E-state index contributed by atoms with van der Waals surface area (Å²) in [6, 6.07) is 7.46. The highest BCUT2D eigenvalue weighted by Gasteiger charge is 2.18. The molecule has 1 amide bonds. The minimum atomic E-state index is -0.279. The van der Waals surface area contributed by atoms with E-state index in [2.05, 4.69) is 5.32 Å². The molecule has 0 bridgehead atoms. The molecule has 1 saturated heterocycles. The minimum Gasteiger partial charge on any atom is -0.410 e. The third-order valence-corrected chi connectivity index (χ3v) is 2.54. The van der Waals surface area contributed by atoms with Gasteiger partial charge in [-0.3, -0.25) is 0 Å². The van der Waals surface area contributed by atoms with Gasteiger partial charge in [0.1, 0.15) is 5.75 Å². The first-order valence-corrected chi connectivity index (χ1v) is 5.42. The van der Waals surface area contributed by atoms with Gasteiger partial charge in [0.05, 0.1) is 0 Å². The van der Waals surface area contributed by atoms with Gasteiger partial charge in [-0.1, -0.05) is 17.7 Å². The summed E-state index contributed by atoms with van der Waals surface area (Å²) in [6.45, 7) is 4.74. The quantitative estimate of drug-likeness (QED) is 0.716. The zero-order valence-corrected chi connectivity index (χ0v) is 9.35. The second kappa shape index (κ2) is 4.99. The molecule has 1 aliphatic rings. The average molecular weight is 219 g/mol. The summed E-state index contributed by atoms with van der Waals surface area (Å²) >= 11 is 0. The van der Waals surface area contributed by atoms with E-state index in [9.17, 15) is 4.79 Å². The molecular weight excluding hydrogens is 204 g/mol. The number of carbonyl (C=O) groups is 1. The molecule has 1 aliphatic heterocycles. The maximum Gasteiger partial charge on any atom is 0.415 e. The van der Waals surface area contributed by atoms with Crippen molar-refractivity contribution in [2.45, 2.75) is 6.92 Å². The van der Waals surface area contributed by atoms with E-state index in [0.29, 0.717) is 31.9 Å². The summed E-state index contributed by atoms with van der Waals surface area (Å²) in [5, 5.41) is 4.18. The molecule has 1 radical (unpaired) electrons. The Kier molecular flexibility index (Phi) is 3.41. The van der Waals surface area contributed by atoms with Crippen LogP contribution in [0.5, 0.6) is 5.75 Å². The van der Waals surface area contributed by atoms with Crippen LogP contribution in [-0.4, -0.2) is 37.2 Å². The predicted molar refractivity (Wildman–Crippen MR) is 60.6 cm³/mol. The monoisotopic (exact) mass is 219 g/mol. The molecule has 1 heterocycles. The SMILES string of the molecule is Cc1ccc(OC(=O)N2CC[N]CC2)cc1. The van der Waals surface area contributed by atoms with E-state index < -0.39 is 0 Å². The van der Waals surface area contributed by atoms with Crippen LogP contribution < -0.4 is 10.1 Å². The number of amides is 1. The Morgan fingerprint density at radius 2 is 1.88 bits per heavy atom. The number of rotatable bonds is 1. The summed E-state index contributed by atoms with van der Waals surface area (Å²) in [6.07, 6.45) is -0.279. The van der Waals surface area contributed by atoms with Crippen LogP contribution >= 0.6 is 0 Å². The molecule has 4 heteroatoms. The molecule has 0 unspecified atom stereocenters. The van der Waals surface area contributed by atoms with Crippen molar-refractivity contribution in [2.75, 3.05) is 26.2 Å². The van der Waals surface area contributed by atoms with Crippen molar-refractivity contribution in [3.63, 3.8) is 0 Å². The van der Waals surface area contributed by atoms with Gasteiger partial charge in [0, 0.05) is 26.2 Å². The first-order valence-electron chi connectivity index (χ1n) is 5.42. The van der Waals surface area contributed by atoms with Crippen LogP contribution in [0.25, 0.3) is 0 Å². The van der Waals surface area contributed by atoms with E-state index in [1.54, 1.807) is 4.90 Å². The third-order valence-electron chi connectivity index (χ3n) is 2.54. The van der Waals surface area contributed by atoms with E-state index in [4.69, 9.17) is 4.74 Å². The summed E-state index contributed by atoms with van der Waals surface area (Å²) in [7, 11) is 0. The largest absolute Gasteiger partial charge is 0.415 e. The Bertz CT molecular complexity index is 356. The standard InChI is InChI=1S/C12H15N2O2/c1-10-2-4-11(5-3-10)16-12(15)14-8-6-13-7-9-14/h2-5H,6-9H2,1H3. The van der Waals surface area contributed by atoms with Gasteiger partial charge in [0.25, 0.3) is 0 Å². The third kappa shape index (κ3) is 2.73. The summed E-state index contributed by atoms with van der Waals surface area (Å²) in [5.74, 6) is 0.595. The summed E-state index contributed by atoms with van der Waals surface area (Å²) in [4.78, 5) is 13.4. The fraction of sp³-hybridized carbons (Fsp3) is 0.417. The van der Waals surface area contributed by atoms with Gasteiger partial charge in [-0.25, -0.2) is 10.1 Å². The average Bonchev–Trinajstić information content (AvgIpc) is 2.33. The molecule has 0 saturated carbocycles. The number of aryl methyl sites for hydroxylation is 1. The Hall–Kier alpha value is -1.55. The van der Waals surface area contributed by atoms with Crippen molar-refractivity contribution in [1.29, 1.82) is 0 Å². The molecule has 0 spiro atoms. The lowest BCUT2D eigenvalue weighted by Crippen LogP contribution is -2.45. The number of ether oxygens (including phenoxy) is 1. The molecule has 1 fully saturated rings. The van der Waals surface area contributed by atoms with Crippen molar-refractivity contribution in [2.24, 2.45) is 0 Å². The second-order valence-electron chi connectivity index (χ2n) is 3.84. The Balaban J connectivity index is 1.93. The number of hydrogen-bond acceptors (Lipinski definition) is 2. The number of benzene rings is 1. The molecular formula is C12H15N2O2. The molecule has 16 heavy (non-hydrogen) atoms. The van der Waals surface area contributed by atoms with Gasteiger partial charge in [0.15, 0.2) is 0 Å². The molecule has 1 aromatic carbocycles. The molecule has 0 N–H and O–H groups in total. The van der Waals surface area contributed by atoms with Gasteiger partial charge in [-0.15, -0.1) is 0 Å². The smallest absolute Gasteiger partial charge is 0.410 e. The van der Waals surface area contributed by atoms with Crippen LogP contribution in [0.3, 0.4) is 0 Å². The predicted octanol–water partition coefficient (Wildman–Crippen LogP) is 1.41. The van der Waals surface area contributed by atoms with E-state index in [1.807, 2.05) is 31.2 Å². The van der Waals surface area contributed by atoms with Crippen molar-refractivity contribution in [3.8, 4) is 5.75 Å². The number of carbonyl (C=O) groups excluding carboxylic acids is 1. The second-order valence-corrected chi connectivity index (χ2v) is 3.84. The highest BCUT2D eigenvalue weighted by atomic mass is 16.6. The van der Waals surface area contributed by atoms with Gasteiger partial charge in [0.2, 0.25) is 0 Å². The maximum absolute atomic E-state index is 11.7. The van der Waals surface area contributed by atoms with Gasteiger partial charge >= 0.3 is 6.09 Å². The maximum atomic E-state index is 11.7. The van der Waals surface area contributed by atoms with Crippen molar-refractivity contribution >= 4 is 6.09 Å². The number of piperazine rings is 1. The van der Waals surface area contributed by atoms with Crippen molar-refractivity contribution in [1.82, 2.24) is 10.2 Å². The molecule has 4 nitrogen and oxygen atoms in total. The van der Waals surface area contributed by atoms with Crippen LogP contribution in [0, 0.1) is 6.92 Å². The topological polar surface area (TPSA) is 43.6 Å². The van der Waals surface area contributed by atoms with Crippen LogP contribution in [-0.2, 0) is 0 Å². The fourth-order valence-corrected chi connectivity index (χ4v) is 1.56. The molecule has 2 rings (SSSR count). The normalized spacial score (nSPS) is 15.9.